The van der Waals surface area contributed by atoms with Gasteiger partial charge in [0.1, 0.15) is 6.61 Å². The smallest absolute Gasteiger partial charge is 0.370 e. The molecule has 0 atom stereocenters. The van der Waals surface area contributed by atoms with E-state index in [0.717, 1.165) is 5.56 Å². The van der Waals surface area contributed by atoms with E-state index in [-0.39, 0.29) is 25.5 Å². The summed E-state index contributed by atoms with van der Waals surface area (Å²) < 4.78 is 39.8. The van der Waals surface area contributed by atoms with Gasteiger partial charge >= 0.3 is 6.18 Å². The molecule has 5 nitrogen and oxygen atoms in total. The minimum absolute atomic E-state index is 0.0294. The van der Waals surface area contributed by atoms with Gasteiger partial charge < -0.3 is 15.4 Å². The van der Waals surface area contributed by atoms with Crippen LogP contribution < -0.4 is 10.6 Å². The zero-order chi connectivity index (χ0) is 15.5. The van der Waals surface area contributed by atoms with E-state index in [2.05, 4.69) is 15.4 Å². The number of hydrogen-bond acceptors (Lipinski definition) is 3. The molecule has 0 saturated heterocycles. The van der Waals surface area contributed by atoms with E-state index >= 15 is 0 Å². The number of anilines is 1. The van der Waals surface area contributed by atoms with E-state index in [4.69, 9.17) is 0 Å². The van der Waals surface area contributed by atoms with Gasteiger partial charge in [0, 0.05) is 17.8 Å². The van der Waals surface area contributed by atoms with E-state index in [0.29, 0.717) is 11.3 Å². The summed E-state index contributed by atoms with van der Waals surface area (Å²) in [5, 5.41) is 5.06. The van der Waals surface area contributed by atoms with Gasteiger partial charge in [0.15, 0.2) is 0 Å². The molecular weight excluding hydrogens is 289 g/mol. The lowest BCUT2D eigenvalue weighted by atomic mass is 10.1. The molecule has 0 radical (unpaired) electrons. The molecule has 114 valence electrons. The van der Waals surface area contributed by atoms with Gasteiger partial charge in [-0.15, -0.1) is 0 Å². The van der Waals surface area contributed by atoms with E-state index in [1.165, 1.54) is 6.07 Å². The fourth-order valence-electron chi connectivity index (χ4n) is 1.88. The Bertz CT molecular complexity index is 558. The minimum Gasteiger partial charge on any atom is -0.370 e. The van der Waals surface area contributed by atoms with Crippen molar-refractivity contribution in [1.29, 1.82) is 0 Å². The van der Waals surface area contributed by atoms with Crippen molar-refractivity contribution in [3.63, 3.8) is 0 Å². The predicted octanol–water partition coefficient (Wildman–Crippen LogP) is 1.49. The number of rotatable bonds is 5. The number of halogens is 3. The van der Waals surface area contributed by atoms with Crippen molar-refractivity contribution < 1.29 is 27.5 Å². The lowest BCUT2D eigenvalue weighted by Gasteiger charge is -2.09. The number of carbonyl (C=O) groups excluding carboxylic acids is 2. The van der Waals surface area contributed by atoms with Gasteiger partial charge in [0.05, 0.1) is 13.0 Å². The van der Waals surface area contributed by atoms with Gasteiger partial charge in [-0.2, -0.15) is 13.2 Å². The molecule has 1 aromatic carbocycles. The molecule has 0 unspecified atom stereocenters. The number of amides is 2. The summed E-state index contributed by atoms with van der Waals surface area (Å²) in [6.07, 6.45) is -4.09. The maximum Gasteiger partial charge on any atom is 0.411 e. The van der Waals surface area contributed by atoms with Gasteiger partial charge in [-0.1, -0.05) is 6.07 Å². The van der Waals surface area contributed by atoms with Gasteiger partial charge in [-0.25, -0.2) is 0 Å². The van der Waals surface area contributed by atoms with Crippen LogP contribution >= 0.6 is 0 Å². The third-order valence-corrected chi connectivity index (χ3v) is 2.79. The quantitative estimate of drug-likeness (QED) is 0.810. The molecule has 8 heteroatoms. The Hall–Kier alpha value is -2.09. The average Bonchev–Trinajstić information content (AvgIpc) is 2.75. The first-order chi connectivity index (χ1) is 9.85. The van der Waals surface area contributed by atoms with Crippen molar-refractivity contribution in [3.05, 3.63) is 29.3 Å². The lowest BCUT2D eigenvalue weighted by molar-refractivity contribution is -0.173. The second-order valence-corrected chi connectivity index (χ2v) is 4.52. The van der Waals surface area contributed by atoms with Crippen LogP contribution in [0.2, 0.25) is 0 Å². The fourth-order valence-corrected chi connectivity index (χ4v) is 1.88. The molecule has 2 N–H and O–H groups in total. The second kappa shape index (κ2) is 6.13. The van der Waals surface area contributed by atoms with Crippen LogP contribution in [0.3, 0.4) is 0 Å². The zero-order valence-electron chi connectivity index (χ0n) is 10.9. The van der Waals surface area contributed by atoms with Crippen LogP contribution in [0.5, 0.6) is 0 Å². The number of nitrogens with one attached hydrogen (secondary N) is 2. The normalized spacial score (nSPS) is 13.8. The first-order valence-corrected chi connectivity index (χ1v) is 6.20. The maximum atomic E-state index is 11.8. The molecule has 21 heavy (non-hydrogen) atoms. The van der Waals surface area contributed by atoms with Crippen LogP contribution in [0.4, 0.5) is 18.9 Å². The Kier molecular flexibility index (Phi) is 4.46. The van der Waals surface area contributed by atoms with E-state index in [1.54, 1.807) is 12.1 Å². The Labute approximate surface area is 118 Å². The van der Waals surface area contributed by atoms with Gasteiger partial charge in [-0.05, 0) is 17.7 Å². The highest BCUT2D eigenvalue weighted by Gasteiger charge is 2.27. The summed E-state index contributed by atoms with van der Waals surface area (Å²) in [4.78, 5) is 23.0. The number of ether oxygens (including phenoxy) is 1. The van der Waals surface area contributed by atoms with E-state index in [9.17, 15) is 22.8 Å². The summed E-state index contributed by atoms with van der Waals surface area (Å²) in [7, 11) is 0. The molecule has 1 aliphatic rings. The first kappa shape index (κ1) is 15.3. The first-order valence-electron chi connectivity index (χ1n) is 6.20. The summed E-state index contributed by atoms with van der Waals surface area (Å²) in [6, 6.07) is 4.76. The lowest BCUT2D eigenvalue weighted by Crippen LogP contribution is -2.28. The molecule has 0 aromatic heterocycles. The van der Waals surface area contributed by atoms with Crippen LogP contribution in [0.1, 0.15) is 15.9 Å². The molecule has 0 fully saturated rings. The van der Waals surface area contributed by atoms with Gasteiger partial charge in [0.25, 0.3) is 5.91 Å². The van der Waals surface area contributed by atoms with Crippen molar-refractivity contribution in [2.75, 3.05) is 25.1 Å². The van der Waals surface area contributed by atoms with Crippen molar-refractivity contribution in [2.45, 2.75) is 12.6 Å². The maximum absolute atomic E-state index is 11.8. The average molecular weight is 302 g/mol. The standard InChI is InChI=1S/C13H13F3N2O3/c14-13(15,16)7-21-4-3-17-12(20)9-2-1-8-6-11(19)18-10(8)5-9/h1-2,5H,3-4,6-7H2,(H,17,20)(H,18,19). The highest BCUT2D eigenvalue weighted by atomic mass is 19.4. The molecular formula is C13H13F3N2O3. The van der Waals surface area contributed by atoms with Crippen LogP contribution in [0.25, 0.3) is 0 Å². The molecule has 2 amide bonds. The highest BCUT2D eigenvalue weighted by molar-refractivity contribution is 6.02. The monoisotopic (exact) mass is 302 g/mol. The third-order valence-electron chi connectivity index (χ3n) is 2.79. The Balaban J connectivity index is 1.79. The Morgan fingerprint density at radius 2 is 2.14 bits per heavy atom. The summed E-state index contributed by atoms with van der Waals surface area (Å²) >= 11 is 0. The minimum atomic E-state index is -4.37. The number of benzene rings is 1. The molecule has 1 aromatic rings. The summed E-state index contributed by atoms with van der Waals surface area (Å²) in [5.41, 5.74) is 1.72. The molecule has 2 rings (SSSR count). The number of alkyl halides is 3. The zero-order valence-corrected chi connectivity index (χ0v) is 10.9. The molecule has 1 aliphatic heterocycles. The molecule has 0 aliphatic carbocycles. The number of carbonyl (C=O) groups is 2. The molecule has 0 bridgehead atoms. The van der Waals surface area contributed by atoms with Crippen LogP contribution in [-0.2, 0) is 16.0 Å². The third kappa shape index (κ3) is 4.45. The van der Waals surface area contributed by atoms with Gasteiger partial charge in [-0.3, -0.25) is 9.59 Å². The fraction of sp³-hybridized carbons (Fsp3) is 0.385. The van der Waals surface area contributed by atoms with Crippen molar-refractivity contribution in [3.8, 4) is 0 Å². The topological polar surface area (TPSA) is 67.4 Å². The molecule has 1 heterocycles. The second-order valence-electron chi connectivity index (χ2n) is 4.52. The molecule has 0 spiro atoms. The SMILES string of the molecule is O=C1Cc2ccc(C(=O)NCCOCC(F)(F)F)cc2N1. The Morgan fingerprint density at radius 1 is 1.38 bits per heavy atom. The van der Waals surface area contributed by atoms with Crippen molar-refractivity contribution in [2.24, 2.45) is 0 Å². The number of hydrogen-bond donors (Lipinski definition) is 2. The van der Waals surface area contributed by atoms with Crippen LogP contribution in [0.15, 0.2) is 18.2 Å². The van der Waals surface area contributed by atoms with Crippen LogP contribution in [0, 0.1) is 0 Å². The van der Waals surface area contributed by atoms with E-state index in [1.807, 2.05) is 0 Å². The molecule has 0 saturated carbocycles. The highest BCUT2D eigenvalue weighted by Crippen LogP contribution is 2.23. The largest absolute Gasteiger partial charge is 0.411 e. The number of fused-ring (bicyclic) bond motifs is 1. The van der Waals surface area contributed by atoms with Crippen LogP contribution in [-0.4, -0.2) is 37.7 Å². The summed E-state index contributed by atoms with van der Waals surface area (Å²) in [6.45, 7) is -1.60. The predicted molar refractivity (Wildman–Crippen MR) is 68.0 cm³/mol. The van der Waals surface area contributed by atoms with E-state index < -0.39 is 18.7 Å². The van der Waals surface area contributed by atoms with Crippen molar-refractivity contribution in [1.82, 2.24) is 5.32 Å². The van der Waals surface area contributed by atoms with Crippen molar-refractivity contribution >= 4 is 17.5 Å². The summed E-state index contributed by atoms with van der Waals surface area (Å²) in [5.74, 6) is -0.572. The van der Waals surface area contributed by atoms with Gasteiger partial charge in [0.2, 0.25) is 5.91 Å². The Morgan fingerprint density at radius 3 is 2.86 bits per heavy atom.